The van der Waals surface area contributed by atoms with Crippen LogP contribution in [0.25, 0.3) is 0 Å². The van der Waals surface area contributed by atoms with Gasteiger partial charge < -0.3 is 15.0 Å². The van der Waals surface area contributed by atoms with Gasteiger partial charge in [-0.15, -0.1) is 0 Å². The zero-order chi connectivity index (χ0) is 28.8. The first kappa shape index (κ1) is 31.0. The van der Waals surface area contributed by atoms with Crippen LogP contribution in [-0.4, -0.2) is 68.0 Å². The van der Waals surface area contributed by atoms with Gasteiger partial charge in [0, 0.05) is 39.3 Å². The number of hydrogen-bond acceptors (Lipinski definition) is 5. The third kappa shape index (κ3) is 10.2. The highest BCUT2D eigenvalue weighted by Gasteiger charge is 2.32. The van der Waals surface area contributed by atoms with Crippen LogP contribution < -0.4 is 5.32 Å². The Kier molecular flexibility index (Phi) is 12.3. The maximum Gasteiger partial charge on any atom is 0.243 e. The molecular weight excluding hydrogens is 526 g/mol. The van der Waals surface area contributed by atoms with Gasteiger partial charge in [-0.1, -0.05) is 91.0 Å². The summed E-state index contributed by atoms with van der Waals surface area (Å²) in [6, 6.07) is 27.2. The van der Waals surface area contributed by atoms with Crippen molar-refractivity contribution in [1.82, 2.24) is 14.5 Å². The number of nitrogens with one attached hydrogen (secondary N) is 1. The van der Waals surface area contributed by atoms with E-state index in [1.54, 1.807) is 0 Å². The Hall–Kier alpha value is -3.53. The first-order chi connectivity index (χ1) is 19.3. The van der Waals surface area contributed by atoms with Crippen molar-refractivity contribution in [2.24, 2.45) is 0 Å². The maximum absolute atomic E-state index is 14.0. The summed E-state index contributed by atoms with van der Waals surface area (Å²) in [7, 11) is -3.72. The average molecular weight is 566 g/mol. The third-order valence-corrected chi connectivity index (χ3v) is 7.61. The zero-order valence-electron chi connectivity index (χ0n) is 23.2. The van der Waals surface area contributed by atoms with Gasteiger partial charge in [-0.2, -0.15) is 4.31 Å². The van der Waals surface area contributed by atoms with Gasteiger partial charge in [-0.3, -0.25) is 9.59 Å². The Morgan fingerprint density at radius 1 is 0.825 bits per heavy atom. The Balaban J connectivity index is 1.92. The van der Waals surface area contributed by atoms with E-state index in [0.29, 0.717) is 26.2 Å². The molecule has 0 aliphatic heterocycles. The SMILES string of the molecule is CCOCCCNC(=O)[C@H](Cc1ccccc1)N(Cc1ccccc1)C(=O)CN(Cc1ccccc1)S(C)(=O)=O. The van der Waals surface area contributed by atoms with Gasteiger partial charge in [0.1, 0.15) is 6.04 Å². The van der Waals surface area contributed by atoms with Gasteiger partial charge in [-0.25, -0.2) is 8.42 Å². The molecule has 40 heavy (non-hydrogen) atoms. The molecule has 3 aromatic carbocycles. The minimum Gasteiger partial charge on any atom is -0.382 e. The van der Waals surface area contributed by atoms with Crippen molar-refractivity contribution in [2.45, 2.75) is 38.9 Å². The average Bonchev–Trinajstić information content (AvgIpc) is 2.95. The molecular formula is C31H39N3O5S. The molecule has 1 N–H and O–H groups in total. The molecule has 2 amide bonds. The minimum absolute atomic E-state index is 0.0531. The second-order valence-electron chi connectivity index (χ2n) is 9.57. The molecule has 3 rings (SSSR count). The molecule has 0 saturated carbocycles. The van der Waals surface area contributed by atoms with E-state index in [1.165, 1.54) is 4.90 Å². The number of carbonyl (C=O) groups is 2. The van der Waals surface area contributed by atoms with Crippen LogP contribution in [0.4, 0.5) is 0 Å². The highest BCUT2D eigenvalue weighted by atomic mass is 32.2. The van der Waals surface area contributed by atoms with Gasteiger partial charge >= 0.3 is 0 Å². The van der Waals surface area contributed by atoms with Crippen molar-refractivity contribution in [3.63, 3.8) is 0 Å². The molecule has 0 fully saturated rings. The van der Waals surface area contributed by atoms with Crippen LogP contribution in [-0.2, 0) is 43.9 Å². The molecule has 0 aromatic heterocycles. The normalized spacial score (nSPS) is 12.2. The number of ether oxygens (including phenoxy) is 1. The molecule has 1 atom stereocenters. The second-order valence-corrected chi connectivity index (χ2v) is 11.6. The lowest BCUT2D eigenvalue weighted by atomic mass is 10.0. The number of rotatable bonds is 16. The highest BCUT2D eigenvalue weighted by molar-refractivity contribution is 7.88. The van der Waals surface area contributed by atoms with E-state index in [9.17, 15) is 18.0 Å². The standard InChI is InChI=1S/C31H39N3O5S/c1-3-39-21-13-20-32-31(36)29(22-26-14-7-4-8-15-26)34(24-28-18-11-6-12-19-28)30(35)25-33(40(2,37)38)23-27-16-9-5-10-17-27/h4-12,14-19,29H,3,13,20-25H2,1-2H3,(H,32,36)/t29-/m0/s1. The summed E-state index contributed by atoms with van der Waals surface area (Å²) < 4.78 is 32.0. The predicted octanol–water partition coefficient (Wildman–Crippen LogP) is 3.63. The molecule has 0 saturated heterocycles. The molecule has 9 heteroatoms. The van der Waals surface area contributed by atoms with Gasteiger partial charge in [-0.05, 0) is 30.0 Å². The van der Waals surface area contributed by atoms with Gasteiger partial charge in [0.2, 0.25) is 21.8 Å². The zero-order valence-corrected chi connectivity index (χ0v) is 24.1. The van der Waals surface area contributed by atoms with Crippen molar-refractivity contribution in [3.05, 3.63) is 108 Å². The lowest BCUT2D eigenvalue weighted by Gasteiger charge is -2.33. The van der Waals surface area contributed by atoms with Gasteiger partial charge in [0.15, 0.2) is 0 Å². The van der Waals surface area contributed by atoms with Crippen molar-refractivity contribution in [2.75, 3.05) is 32.6 Å². The lowest BCUT2D eigenvalue weighted by Crippen LogP contribution is -2.53. The van der Waals surface area contributed by atoms with Crippen LogP contribution in [0.2, 0.25) is 0 Å². The van der Waals surface area contributed by atoms with Crippen molar-refractivity contribution >= 4 is 21.8 Å². The van der Waals surface area contributed by atoms with E-state index in [4.69, 9.17) is 4.74 Å². The van der Waals surface area contributed by atoms with Crippen molar-refractivity contribution < 1.29 is 22.7 Å². The second kappa shape index (κ2) is 15.9. The Morgan fingerprint density at radius 2 is 1.35 bits per heavy atom. The summed E-state index contributed by atoms with van der Waals surface area (Å²) >= 11 is 0. The summed E-state index contributed by atoms with van der Waals surface area (Å²) in [5.74, 6) is -0.741. The predicted molar refractivity (Wildman–Crippen MR) is 157 cm³/mol. The van der Waals surface area contributed by atoms with E-state index in [2.05, 4.69) is 5.32 Å². The summed E-state index contributed by atoms with van der Waals surface area (Å²) in [5.41, 5.74) is 2.50. The van der Waals surface area contributed by atoms with Crippen LogP contribution in [0.15, 0.2) is 91.0 Å². The van der Waals surface area contributed by atoms with E-state index < -0.39 is 22.0 Å². The number of hydrogen-bond donors (Lipinski definition) is 1. The monoisotopic (exact) mass is 565 g/mol. The molecule has 214 valence electrons. The van der Waals surface area contributed by atoms with Gasteiger partial charge in [0.25, 0.3) is 0 Å². The summed E-state index contributed by atoms with van der Waals surface area (Å²) in [5, 5.41) is 2.96. The van der Waals surface area contributed by atoms with Crippen LogP contribution >= 0.6 is 0 Å². The van der Waals surface area contributed by atoms with Crippen LogP contribution in [0, 0.1) is 0 Å². The number of sulfonamides is 1. The molecule has 0 aliphatic carbocycles. The highest BCUT2D eigenvalue weighted by Crippen LogP contribution is 2.17. The Labute approximate surface area is 238 Å². The molecule has 0 aliphatic rings. The topological polar surface area (TPSA) is 96.0 Å². The first-order valence-corrected chi connectivity index (χ1v) is 15.3. The molecule has 0 spiro atoms. The quantitative estimate of drug-likeness (QED) is 0.268. The Morgan fingerprint density at radius 3 is 1.88 bits per heavy atom. The van der Waals surface area contributed by atoms with Gasteiger partial charge in [0.05, 0.1) is 12.8 Å². The number of nitrogens with zero attached hydrogens (tertiary/aromatic N) is 2. The number of benzene rings is 3. The van der Waals surface area contributed by atoms with Crippen LogP contribution in [0.1, 0.15) is 30.0 Å². The molecule has 3 aromatic rings. The first-order valence-electron chi connectivity index (χ1n) is 13.5. The van der Waals surface area contributed by atoms with E-state index >= 15 is 0 Å². The molecule has 0 bridgehead atoms. The van der Waals surface area contributed by atoms with Crippen molar-refractivity contribution in [3.8, 4) is 0 Å². The number of carbonyl (C=O) groups excluding carboxylic acids is 2. The summed E-state index contributed by atoms with van der Waals surface area (Å²) in [4.78, 5) is 29.1. The molecule has 0 heterocycles. The van der Waals surface area contributed by atoms with E-state index in [0.717, 1.165) is 27.3 Å². The number of amides is 2. The fourth-order valence-electron chi connectivity index (χ4n) is 4.30. The molecule has 8 nitrogen and oxygen atoms in total. The third-order valence-electron chi connectivity index (χ3n) is 6.42. The van der Waals surface area contributed by atoms with Crippen LogP contribution in [0.5, 0.6) is 0 Å². The fraction of sp³-hybridized carbons (Fsp3) is 0.355. The fourth-order valence-corrected chi connectivity index (χ4v) is 5.03. The largest absolute Gasteiger partial charge is 0.382 e. The maximum atomic E-state index is 14.0. The minimum atomic E-state index is -3.72. The van der Waals surface area contributed by atoms with Crippen LogP contribution in [0.3, 0.4) is 0 Å². The van der Waals surface area contributed by atoms with E-state index in [1.807, 2.05) is 97.9 Å². The molecule has 0 unspecified atom stereocenters. The lowest BCUT2D eigenvalue weighted by molar-refractivity contribution is -0.141. The van der Waals surface area contributed by atoms with Crippen molar-refractivity contribution in [1.29, 1.82) is 0 Å². The Bertz CT molecular complexity index is 1290. The molecule has 0 radical (unpaired) electrons. The summed E-state index contributed by atoms with van der Waals surface area (Å²) in [6.07, 6.45) is 2.02. The van der Waals surface area contributed by atoms with E-state index in [-0.39, 0.29) is 32.0 Å². The smallest absolute Gasteiger partial charge is 0.243 e. The summed E-state index contributed by atoms with van der Waals surface area (Å²) in [6.45, 7) is 3.27.